The molecule has 3 atom stereocenters. The number of aromatic nitrogens is 2. The Labute approximate surface area is 246 Å². The van der Waals surface area contributed by atoms with Gasteiger partial charge in [0.15, 0.2) is 0 Å². The molecule has 3 saturated heterocycles. The lowest BCUT2D eigenvalue weighted by molar-refractivity contribution is -0.141. The number of fused-ring (bicyclic) bond motifs is 3. The smallest absolute Gasteiger partial charge is 0.227 e. The number of aryl methyl sites for hydroxylation is 1. The molecule has 3 aliphatic rings. The molecule has 0 N–H and O–H groups in total. The molecule has 0 spiro atoms. The normalized spacial score (nSPS) is 24.6. The SMILES string of the molecule is CCOc1cccc(C2(CCN3[C@@H]4CC[C@H]3C[C@@H](n3c(C)nc5ccccc53)C4)CCN(C(=O)C(C)(C)C)CC2)c1. The Kier molecular flexibility index (Phi) is 7.65. The van der Waals surface area contributed by atoms with E-state index in [1.807, 2.05) is 27.7 Å². The highest BCUT2D eigenvalue weighted by atomic mass is 16.5. The van der Waals surface area contributed by atoms with E-state index in [0.29, 0.717) is 24.7 Å². The molecule has 6 nitrogen and oxygen atoms in total. The van der Waals surface area contributed by atoms with Crippen molar-refractivity contribution < 1.29 is 9.53 Å². The first-order chi connectivity index (χ1) is 19.7. The number of benzene rings is 2. The molecule has 0 radical (unpaired) electrons. The van der Waals surface area contributed by atoms with Crippen LogP contribution in [0.1, 0.15) is 90.1 Å². The van der Waals surface area contributed by atoms with E-state index < -0.39 is 0 Å². The standard InChI is InChI=1S/C35H48N4O2/c1-6-41-30-11-9-10-26(22-30)35(16-19-37(20-17-35)33(40)34(3,4)5)18-21-38-27-14-15-28(38)24-29(23-27)39-25(2)36-31-12-7-8-13-32(31)39/h7-13,22,27-29H,6,14-21,23-24H2,1-5H3/t27-,28+,29+. The van der Waals surface area contributed by atoms with E-state index in [-0.39, 0.29) is 16.7 Å². The van der Waals surface area contributed by atoms with Gasteiger partial charge in [0.2, 0.25) is 5.91 Å². The van der Waals surface area contributed by atoms with Crippen LogP contribution < -0.4 is 4.74 Å². The largest absolute Gasteiger partial charge is 0.494 e. The van der Waals surface area contributed by atoms with Gasteiger partial charge in [-0.25, -0.2) is 4.98 Å². The summed E-state index contributed by atoms with van der Waals surface area (Å²) in [6, 6.07) is 19.2. The number of hydrogen-bond donors (Lipinski definition) is 0. The fourth-order valence-corrected chi connectivity index (χ4v) is 8.17. The lowest BCUT2D eigenvalue weighted by atomic mass is 9.70. The lowest BCUT2D eigenvalue weighted by Gasteiger charge is -2.46. The van der Waals surface area contributed by atoms with Crippen LogP contribution in [0.3, 0.4) is 0 Å². The zero-order valence-corrected chi connectivity index (χ0v) is 25.7. The number of ether oxygens (including phenoxy) is 1. The number of carbonyl (C=O) groups is 1. The first kappa shape index (κ1) is 28.3. The first-order valence-electron chi connectivity index (χ1n) is 15.9. The number of para-hydroxylation sites is 2. The minimum Gasteiger partial charge on any atom is -0.494 e. The van der Waals surface area contributed by atoms with Gasteiger partial charge in [-0.2, -0.15) is 0 Å². The Morgan fingerprint density at radius 1 is 1.00 bits per heavy atom. The second-order valence-corrected chi connectivity index (χ2v) is 13.8. The van der Waals surface area contributed by atoms with Crippen LogP contribution in [0.2, 0.25) is 0 Å². The van der Waals surface area contributed by atoms with Gasteiger partial charge in [-0.3, -0.25) is 9.69 Å². The molecule has 41 heavy (non-hydrogen) atoms. The van der Waals surface area contributed by atoms with Crippen molar-refractivity contribution >= 4 is 16.9 Å². The number of piperidine rings is 2. The molecule has 0 saturated carbocycles. The zero-order valence-electron chi connectivity index (χ0n) is 25.7. The first-order valence-corrected chi connectivity index (χ1v) is 15.9. The average molecular weight is 557 g/mol. The third-order valence-electron chi connectivity index (χ3n) is 10.3. The number of amides is 1. The molecule has 1 amide bonds. The molecule has 2 aromatic carbocycles. The van der Waals surface area contributed by atoms with Crippen molar-refractivity contribution in [2.24, 2.45) is 5.41 Å². The topological polar surface area (TPSA) is 50.6 Å². The van der Waals surface area contributed by atoms with Crippen molar-refractivity contribution in [3.8, 4) is 5.75 Å². The molecule has 6 heteroatoms. The summed E-state index contributed by atoms with van der Waals surface area (Å²) >= 11 is 0. The van der Waals surface area contributed by atoms with E-state index in [4.69, 9.17) is 9.72 Å². The van der Waals surface area contributed by atoms with Crippen molar-refractivity contribution in [2.75, 3.05) is 26.2 Å². The molecule has 6 rings (SSSR count). The molecular formula is C35H48N4O2. The number of nitrogens with zero attached hydrogens (tertiary/aromatic N) is 4. The second kappa shape index (κ2) is 11.1. The van der Waals surface area contributed by atoms with Crippen molar-refractivity contribution in [3.05, 3.63) is 59.9 Å². The molecule has 0 unspecified atom stereocenters. The zero-order chi connectivity index (χ0) is 28.8. The molecule has 3 fully saturated rings. The number of rotatable bonds is 7. The fraction of sp³-hybridized carbons (Fsp3) is 0.600. The van der Waals surface area contributed by atoms with Gasteiger partial charge in [0, 0.05) is 42.0 Å². The van der Waals surface area contributed by atoms with E-state index in [9.17, 15) is 4.79 Å². The third kappa shape index (κ3) is 5.40. The number of carbonyl (C=O) groups excluding carboxylic acids is 1. The number of imidazole rings is 1. The highest BCUT2D eigenvalue weighted by molar-refractivity contribution is 5.81. The molecular weight excluding hydrogens is 508 g/mol. The third-order valence-corrected chi connectivity index (χ3v) is 10.3. The molecule has 0 aliphatic carbocycles. The van der Waals surface area contributed by atoms with Gasteiger partial charge in [0.25, 0.3) is 0 Å². The van der Waals surface area contributed by atoms with Crippen LogP contribution in [0, 0.1) is 12.3 Å². The van der Waals surface area contributed by atoms with Gasteiger partial charge < -0.3 is 14.2 Å². The molecule has 3 aliphatic heterocycles. The van der Waals surface area contributed by atoms with Crippen LogP contribution in [0.4, 0.5) is 0 Å². The minimum atomic E-state index is -0.336. The maximum atomic E-state index is 13.1. The Bertz CT molecular complexity index is 1370. The maximum Gasteiger partial charge on any atom is 0.227 e. The highest BCUT2D eigenvalue weighted by Gasteiger charge is 2.44. The summed E-state index contributed by atoms with van der Waals surface area (Å²) in [5.74, 6) is 2.38. The summed E-state index contributed by atoms with van der Waals surface area (Å²) in [5.41, 5.74) is 3.51. The summed E-state index contributed by atoms with van der Waals surface area (Å²) in [4.78, 5) is 23.0. The van der Waals surface area contributed by atoms with E-state index in [1.54, 1.807) is 0 Å². The summed E-state index contributed by atoms with van der Waals surface area (Å²) < 4.78 is 8.46. The van der Waals surface area contributed by atoms with E-state index >= 15 is 0 Å². The summed E-state index contributed by atoms with van der Waals surface area (Å²) in [5, 5.41) is 0. The lowest BCUT2D eigenvalue weighted by Crippen LogP contribution is -2.50. The van der Waals surface area contributed by atoms with Crippen molar-refractivity contribution in [2.45, 2.75) is 103 Å². The summed E-state index contributed by atoms with van der Waals surface area (Å²) in [6.45, 7) is 13.8. The van der Waals surface area contributed by atoms with Crippen molar-refractivity contribution in [1.82, 2.24) is 19.4 Å². The molecule has 2 bridgehead atoms. The molecule has 220 valence electrons. The second-order valence-electron chi connectivity index (χ2n) is 13.8. The van der Waals surface area contributed by atoms with Gasteiger partial charge in [0.05, 0.1) is 17.6 Å². The quantitative estimate of drug-likeness (QED) is 0.317. The Balaban J connectivity index is 1.20. The summed E-state index contributed by atoms with van der Waals surface area (Å²) in [6.07, 6.45) is 8.16. The predicted octanol–water partition coefficient (Wildman–Crippen LogP) is 6.91. The van der Waals surface area contributed by atoms with Crippen LogP contribution >= 0.6 is 0 Å². The molecule has 1 aromatic heterocycles. The van der Waals surface area contributed by atoms with Crippen LogP contribution in [-0.2, 0) is 10.2 Å². The van der Waals surface area contributed by atoms with Crippen molar-refractivity contribution in [3.63, 3.8) is 0 Å². The van der Waals surface area contributed by atoms with E-state index in [2.05, 4.69) is 69.8 Å². The highest BCUT2D eigenvalue weighted by Crippen LogP contribution is 2.45. The molecule has 3 aromatic rings. The van der Waals surface area contributed by atoms with Crippen LogP contribution in [0.25, 0.3) is 11.0 Å². The Morgan fingerprint density at radius 3 is 2.39 bits per heavy atom. The Morgan fingerprint density at radius 2 is 1.71 bits per heavy atom. The number of likely N-dealkylation sites (tertiary alicyclic amines) is 1. The van der Waals surface area contributed by atoms with E-state index in [1.165, 1.54) is 36.8 Å². The van der Waals surface area contributed by atoms with Crippen LogP contribution in [0.5, 0.6) is 5.75 Å². The monoisotopic (exact) mass is 556 g/mol. The van der Waals surface area contributed by atoms with Crippen LogP contribution in [0.15, 0.2) is 48.5 Å². The maximum absolute atomic E-state index is 13.1. The van der Waals surface area contributed by atoms with Gasteiger partial charge in [0.1, 0.15) is 11.6 Å². The minimum absolute atomic E-state index is 0.0647. The van der Waals surface area contributed by atoms with Gasteiger partial charge in [-0.1, -0.05) is 45.0 Å². The fourth-order valence-electron chi connectivity index (χ4n) is 8.17. The summed E-state index contributed by atoms with van der Waals surface area (Å²) in [7, 11) is 0. The van der Waals surface area contributed by atoms with Gasteiger partial charge in [-0.15, -0.1) is 0 Å². The average Bonchev–Trinajstić information content (AvgIpc) is 3.42. The van der Waals surface area contributed by atoms with Gasteiger partial charge >= 0.3 is 0 Å². The predicted molar refractivity (Wildman–Crippen MR) is 165 cm³/mol. The van der Waals surface area contributed by atoms with Gasteiger partial charge in [-0.05, 0) is 95.2 Å². The Hall–Kier alpha value is -2.86. The van der Waals surface area contributed by atoms with E-state index in [0.717, 1.165) is 56.0 Å². The van der Waals surface area contributed by atoms with Crippen molar-refractivity contribution in [1.29, 1.82) is 0 Å². The molecule has 4 heterocycles. The number of hydrogen-bond acceptors (Lipinski definition) is 4. The van der Waals surface area contributed by atoms with Crippen LogP contribution in [-0.4, -0.2) is 63.6 Å².